The molecule has 0 spiro atoms. The van der Waals surface area contributed by atoms with E-state index in [0.717, 1.165) is 17.8 Å². The lowest BCUT2D eigenvalue weighted by molar-refractivity contribution is -0.862. The second-order valence-corrected chi connectivity index (χ2v) is 8.56. The highest BCUT2D eigenvalue weighted by atomic mass is 32.2. The summed E-state index contributed by atoms with van der Waals surface area (Å²) in [7, 11) is 1.49. The molecule has 32 heavy (non-hydrogen) atoms. The third-order valence-corrected chi connectivity index (χ3v) is 5.88. The number of hydrogen-bond acceptors (Lipinski definition) is 5. The highest BCUT2D eigenvalue weighted by Gasteiger charge is 2.40. The Morgan fingerprint density at radius 2 is 1.94 bits per heavy atom. The zero-order chi connectivity index (χ0) is 23.3. The molecular weight excluding hydrogens is 452 g/mol. The monoisotopic (exact) mass is 467 g/mol. The van der Waals surface area contributed by atoms with Gasteiger partial charge in [-0.3, -0.25) is 14.9 Å². The average Bonchev–Trinajstić information content (AvgIpc) is 3.03. The number of fused-ring (bicyclic) bond motifs is 1. The van der Waals surface area contributed by atoms with E-state index in [1.165, 1.54) is 13.1 Å². The van der Waals surface area contributed by atoms with E-state index in [9.17, 15) is 31.9 Å². The van der Waals surface area contributed by atoms with Crippen LogP contribution in [0.4, 0.5) is 22.4 Å². The molecule has 166 valence electrons. The van der Waals surface area contributed by atoms with Crippen molar-refractivity contribution in [3.63, 3.8) is 0 Å². The molecule has 0 aliphatic carbocycles. The highest BCUT2D eigenvalue weighted by Crippen LogP contribution is 2.34. The molecule has 1 unspecified atom stereocenters. The van der Waals surface area contributed by atoms with Crippen LogP contribution >= 0.6 is 11.8 Å². The van der Waals surface area contributed by atoms with Gasteiger partial charge in [0.05, 0.1) is 17.5 Å². The Bertz CT molecular complexity index is 1190. The first-order valence-electron chi connectivity index (χ1n) is 9.23. The van der Waals surface area contributed by atoms with Crippen molar-refractivity contribution in [1.29, 1.82) is 0 Å². The van der Waals surface area contributed by atoms with E-state index < -0.39 is 44.7 Å². The molecule has 4 rings (SSSR count). The third kappa shape index (κ3) is 4.13. The lowest BCUT2D eigenvalue weighted by Crippen LogP contribution is -2.53. The maximum atomic E-state index is 14.4. The van der Waals surface area contributed by atoms with E-state index in [1.54, 1.807) is 18.2 Å². The Morgan fingerprint density at radius 3 is 2.56 bits per heavy atom. The number of alkyl halides is 3. The van der Waals surface area contributed by atoms with Gasteiger partial charge in [0.2, 0.25) is 6.73 Å². The molecule has 2 aromatic rings. The summed E-state index contributed by atoms with van der Waals surface area (Å²) in [6, 6.07) is 6.78. The van der Waals surface area contributed by atoms with E-state index >= 15 is 0 Å². The van der Waals surface area contributed by atoms with Crippen LogP contribution in [0.25, 0.3) is 6.08 Å². The predicted molar refractivity (Wildman–Crippen MR) is 107 cm³/mol. The summed E-state index contributed by atoms with van der Waals surface area (Å²) in [5, 5.41) is 1.68. The van der Waals surface area contributed by atoms with E-state index in [4.69, 9.17) is 4.74 Å². The molecule has 2 heterocycles. The van der Waals surface area contributed by atoms with Crippen LogP contribution in [-0.2, 0) is 17.5 Å². The maximum Gasteiger partial charge on any atom is 0.416 e. The summed E-state index contributed by atoms with van der Waals surface area (Å²) in [6.45, 7) is -0.0522. The van der Waals surface area contributed by atoms with Crippen LogP contribution in [0.3, 0.4) is 0 Å². The lowest BCUT2D eigenvalue weighted by atomic mass is 10.0. The molecule has 1 atom stereocenters. The fourth-order valence-electron chi connectivity index (χ4n) is 3.45. The third-order valence-electron chi connectivity index (χ3n) is 5.07. The van der Waals surface area contributed by atoms with Crippen molar-refractivity contribution < 1.29 is 41.2 Å². The first-order valence-corrected chi connectivity index (χ1v) is 10.0. The smallest absolute Gasteiger partial charge is 0.416 e. The topological polar surface area (TPSA) is 72.5 Å². The van der Waals surface area contributed by atoms with Gasteiger partial charge >= 0.3 is 12.1 Å². The van der Waals surface area contributed by atoms with Gasteiger partial charge in [0.15, 0.2) is 0 Å². The van der Waals surface area contributed by atoms with E-state index in [-0.39, 0.29) is 18.2 Å². The minimum Gasteiger partial charge on any atom is -0.444 e. The summed E-state index contributed by atoms with van der Waals surface area (Å²) in [4.78, 5) is 36.3. The minimum atomic E-state index is -4.72. The van der Waals surface area contributed by atoms with Crippen LogP contribution in [0, 0.1) is 5.82 Å². The number of quaternary nitrogens is 1. The minimum absolute atomic E-state index is 0.0872. The van der Waals surface area contributed by atoms with Crippen molar-refractivity contribution in [2.24, 2.45) is 0 Å². The Hall–Kier alpha value is -3.18. The Labute approximate surface area is 183 Å². The van der Waals surface area contributed by atoms with Crippen LogP contribution in [0.2, 0.25) is 0 Å². The maximum absolute atomic E-state index is 14.4. The molecule has 2 aliphatic rings. The number of amides is 3. The number of hydrogen-bond donors (Lipinski definition) is 1. The molecule has 6 nitrogen and oxygen atoms in total. The van der Waals surface area contributed by atoms with Crippen molar-refractivity contribution in [3.05, 3.63) is 69.4 Å². The van der Waals surface area contributed by atoms with Gasteiger partial charge in [0.1, 0.15) is 23.7 Å². The number of carbonyl (C=O) groups is 3. The number of halogens is 4. The summed E-state index contributed by atoms with van der Waals surface area (Å²) in [6.07, 6.45) is -3.21. The lowest BCUT2D eigenvalue weighted by Gasteiger charge is -2.35. The number of ether oxygens (including phenoxy) is 1. The number of benzene rings is 2. The summed E-state index contributed by atoms with van der Waals surface area (Å²) in [5.41, 5.74) is -0.479. The van der Waals surface area contributed by atoms with E-state index in [2.05, 4.69) is 5.32 Å². The van der Waals surface area contributed by atoms with Crippen LogP contribution in [-0.4, -0.2) is 35.3 Å². The molecule has 0 aromatic heterocycles. The van der Waals surface area contributed by atoms with Crippen LogP contribution < -0.4 is 10.1 Å². The summed E-state index contributed by atoms with van der Waals surface area (Å²) < 4.78 is 58.0. The average molecular weight is 467 g/mol. The first kappa shape index (κ1) is 22.0. The molecule has 2 aliphatic heterocycles. The van der Waals surface area contributed by atoms with E-state index in [1.807, 2.05) is 0 Å². The molecule has 11 heteroatoms. The number of imide groups is 1. The Balaban J connectivity index is 1.61. The normalized spacial score (nSPS) is 21.8. The zero-order valence-corrected chi connectivity index (χ0v) is 17.3. The van der Waals surface area contributed by atoms with Crippen molar-refractivity contribution in [2.75, 3.05) is 13.8 Å². The molecule has 2 aromatic carbocycles. The van der Waals surface area contributed by atoms with Gasteiger partial charge in [0, 0.05) is 5.56 Å². The van der Waals surface area contributed by atoms with E-state index in [0.29, 0.717) is 29.0 Å². The van der Waals surface area contributed by atoms with Gasteiger partial charge in [-0.15, -0.1) is 0 Å². The van der Waals surface area contributed by atoms with Gasteiger partial charge < -0.3 is 4.74 Å². The molecule has 1 fully saturated rings. The van der Waals surface area contributed by atoms with Crippen LogP contribution in [0.15, 0.2) is 41.3 Å². The predicted octanol–water partition coefficient (Wildman–Crippen LogP) is 4.31. The zero-order valence-electron chi connectivity index (χ0n) is 16.5. The number of carbonyl (C=O) groups excluding carboxylic acids is 3. The number of rotatable bonds is 2. The fourth-order valence-corrected chi connectivity index (χ4v) is 4.13. The molecule has 3 amide bonds. The fraction of sp³-hybridized carbons (Fsp3) is 0.190. The summed E-state index contributed by atoms with van der Waals surface area (Å²) >= 11 is 0.763. The van der Waals surface area contributed by atoms with Gasteiger partial charge in [-0.2, -0.15) is 13.2 Å². The van der Waals surface area contributed by atoms with Crippen molar-refractivity contribution in [3.8, 4) is 5.75 Å². The second-order valence-electron chi connectivity index (χ2n) is 7.54. The van der Waals surface area contributed by atoms with Gasteiger partial charge in [-0.1, -0.05) is 6.07 Å². The Kier molecular flexibility index (Phi) is 5.33. The SMILES string of the molecule is C[N+]1(C(=O)c2ccc(C(F)(F)F)cc2F)COc2ccc(/C=C3\SC(=O)NC3=O)cc2C1. The first-order chi connectivity index (χ1) is 15.0. The number of nitrogens with one attached hydrogen (secondary N) is 1. The molecular formula is C21H15F4N2O4S+. The summed E-state index contributed by atoms with van der Waals surface area (Å²) in [5.74, 6) is -2.02. The number of thioether (sulfide) groups is 1. The van der Waals surface area contributed by atoms with Crippen molar-refractivity contribution in [1.82, 2.24) is 5.32 Å². The molecule has 1 saturated heterocycles. The largest absolute Gasteiger partial charge is 0.444 e. The second kappa shape index (κ2) is 7.75. The van der Waals surface area contributed by atoms with Crippen LogP contribution in [0.5, 0.6) is 5.75 Å². The number of nitrogens with zero attached hydrogens (tertiary/aromatic N) is 1. The molecule has 0 bridgehead atoms. The standard InChI is InChI=1S/C21H14F4N2O4S/c1-27(19(29)14-4-3-13(8-15(14)22)21(23,24)25)9-12-6-11(2-5-16(12)31-10-27)7-17-18(28)26-20(30)32-17/h2-8H,9-10H2,1H3/p+1/b17-7-. The van der Waals surface area contributed by atoms with Gasteiger partial charge in [-0.25, -0.2) is 13.7 Å². The van der Waals surface area contributed by atoms with Crippen LogP contribution in [0.1, 0.15) is 27.0 Å². The molecule has 1 N–H and O–H groups in total. The van der Waals surface area contributed by atoms with Gasteiger partial charge in [0.25, 0.3) is 11.1 Å². The van der Waals surface area contributed by atoms with Gasteiger partial charge in [-0.05, 0) is 53.7 Å². The molecule has 0 saturated carbocycles. The quantitative estimate of drug-likeness (QED) is 0.405. The van der Waals surface area contributed by atoms with Crippen molar-refractivity contribution >= 4 is 34.9 Å². The Morgan fingerprint density at radius 1 is 1.19 bits per heavy atom. The highest BCUT2D eigenvalue weighted by molar-refractivity contribution is 8.18. The van der Waals surface area contributed by atoms with Crippen molar-refractivity contribution in [2.45, 2.75) is 12.7 Å². The molecule has 0 radical (unpaired) electrons.